The highest BCUT2D eigenvalue weighted by Crippen LogP contribution is 2.02. The molecule has 0 radical (unpaired) electrons. The Hall–Kier alpha value is -0.0100. The second-order valence-electron chi connectivity index (χ2n) is 2.01. The van der Waals surface area contributed by atoms with Gasteiger partial charge in [0, 0.05) is 5.88 Å². The Balaban J connectivity index is 3.04. The van der Waals surface area contributed by atoms with Gasteiger partial charge in [-0.2, -0.15) is 0 Å². The third-order valence-electron chi connectivity index (χ3n) is 1.11. The van der Waals surface area contributed by atoms with Gasteiger partial charge in [-0.15, -0.1) is 18.2 Å². The van der Waals surface area contributed by atoms with E-state index >= 15 is 0 Å². The molecule has 1 atom stereocenters. The van der Waals surface area contributed by atoms with Crippen LogP contribution in [0, 0.1) is 0 Å². The van der Waals surface area contributed by atoms with Gasteiger partial charge in [-0.05, 0) is 19.3 Å². The molecule has 1 nitrogen and oxygen atoms in total. The molecular formula is C7H13ClO. The van der Waals surface area contributed by atoms with E-state index in [9.17, 15) is 0 Å². The Morgan fingerprint density at radius 1 is 1.67 bits per heavy atom. The number of hydrogen-bond acceptors (Lipinski definition) is 1. The minimum Gasteiger partial charge on any atom is -0.393 e. The van der Waals surface area contributed by atoms with Crippen LogP contribution in [0.3, 0.4) is 0 Å². The summed E-state index contributed by atoms with van der Waals surface area (Å²) in [5.74, 6) is 0.633. The van der Waals surface area contributed by atoms with E-state index in [1.54, 1.807) is 6.08 Å². The van der Waals surface area contributed by atoms with Crippen LogP contribution < -0.4 is 0 Å². The smallest absolute Gasteiger partial charge is 0.0575 e. The van der Waals surface area contributed by atoms with E-state index in [4.69, 9.17) is 16.7 Å². The van der Waals surface area contributed by atoms with E-state index in [0.29, 0.717) is 12.3 Å². The Labute approximate surface area is 61.3 Å². The van der Waals surface area contributed by atoms with Gasteiger partial charge in [-0.25, -0.2) is 0 Å². The molecule has 0 aromatic carbocycles. The molecule has 0 aliphatic rings. The first-order valence-corrected chi connectivity index (χ1v) is 3.69. The molecule has 0 saturated carbocycles. The summed E-state index contributed by atoms with van der Waals surface area (Å²) in [6.45, 7) is 3.52. The molecule has 0 rings (SSSR count). The second kappa shape index (κ2) is 6.12. The number of aliphatic hydroxyl groups excluding tert-OH is 1. The fourth-order valence-electron chi connectivity index (χ4n) is 0.623. The van der Waals surface area contributed by atoms with Gasteiger partial charge in [0.05, 0.1) is 6.10 Å². The van der Waals surface area contributed by atoms with Crippen LogP contribution in [0.1, 0.15) is 19.3 Å². The Kier molecular flexibility index (Phi) is 6.11. The van der Waals surface area contributed by atoms with Crippen molar-refractivity contribution < 1.29 is 5.11 Å². The van der Waals surface area contributed by atoms with Crippen molar-refractivity contribution in [3.05, 3.63) is 12.7 Å². The minimum absolute atomic E-state index is 0.235. The summed E-state index contributed by atoms with van der Waals surface area (Å²) >= 11 is 5.41. The van der Waals surface area contributed by atoms with E-state index in [1.807, 2.05) is 0 Å². The molecule has 0 aromatic rings. The predicted octanol–water partition coefficient (Wildman–Crippen LogP) is 1.94. The average molecular weight is 149 g/mol. The van der Waals surface area contributed by atoms with Crippen LogP contribution in [0.5, 0.6) is 0 Å². The molecule has 2 heteroatoms. The molecule has 0 aromatic heterocycles. The van der Waals surface area contributed by atoms with Gasteiger partial charge in [-0.1, -0.05) is 6.08 Å². The zero-order chi connectivity index (χ0) is 7.11. The van der Waals surface area contributed by atoms with Crippen LogP contribution in [0.2, 0.25) is 0 Å². The highest BCUT2D eigenvalue weighted by molar-refractivity contribution is 6.17. The molecule has 0 bridgehead atoms. The van der Waals surface area contributed by atoms with Gasteiger partial charge < -0.3 is 5.11 Å². The molecule has 0 heterocycles. The standard InChI is InChI=1S/C7H13ClO/c1-2-4-7(9)5-3-6-8/h2,7,9H,1,3-6H2. The van der Waals surface area contributed by atoms with Crippen LogP contribution in [0.4, 0.5) is 0 Å². The van der Waals surface area contributed by atoms with Gasteiger partial charge >= 0.3 is 0 Å². The molecule has 0 amide bonds. The van der Waals surface area contributed by atoms with Crippen molar-refractivity contribution in [2.75, 3.05) is 5.88 Å². The maximum absolute atomic E-state index is 9.05. The Morgan fingerprint density at radius 3 is 2.78 bits per heavy atom. The van der Waals surface area contributed by atoms with Crippen molar-refractivity contribution in [1.29, 1.82) is 0 Å². The van der Waals surface area contributed by atoms with Crippen molar-refractivity contribution >= 4 is 11.6 Å². The normalized spacial score (nSPS) is 13.1. The van der Waals surface area contributed by atoms with Crippen LogP contribution in [0.25, 0.3) is 0 Å². The van der Waals surface area contributed by atoms with Crippen molar-refractivity contribution in [2.24, 2.45) is 0 Å². The van der Waals surface area contributed by atoms with Crippen molar-refractivity contribution in [1.82, 2.24) is 0 Å². The maximum Gasteiger partial charge on any atom is 0.0575 e. The lowest BCUT2D eigenvalue weighted by Crippen LogP contribution is -2.04. The highest BCUT2D eigenvalue weighted by atomic mass is 35.5. The lowest BCUT2D eigenvalue weighted by molar-refractivity contribution is 0.167. The summed E-state index contributed by atoms with van der Waals surface area (Å²) in [5.41, 5.74) is 0. The zero-order valence-corrected chi connectivity index (χ0v) is 6.27. The van der Waals surface area contributed by atoms with Gasteiger partial charge in [0.1, 0.15) is 0 Å². The molecule has 0 aliphatic carbocycles. The fourth-order valence-corrected chi connectivity index (χ4v) is 0.777. The predicted molar refractivity (Wildman–Crippen MR) is 40.8 cm³/mol. The first kappa shape index (κ1) is 8.99. The van der Waals surface area contributed by atoms with E-state index in [0.717, 1.165) is 12.8 Å². The van der Waals surface area contributed by atoms with Crippen LogP contribution in [0.15, 0.2) is 12.7 Å². The highest BCUT2D eigenvalue weighted by Gasteiger charge is 1.98. The van der Waals surface area contributed by atoms with Gasteiger partial charge in [-0.3, -0.25) is 0 Å². The number of halogens is 1. The lowest BCUT2D eigenvalue weighted by atomic mass is 10.1. The largest absolute Gasteiger partial charge is 0.393 e. The average Bonchev–Trinajstić information content (AvgIpc) is 1.85. The van der Waals surface area contributed by atoms with Crippen LogP contribution >= 0.6 is 11.6 Å². The third kappa shape index (κ3) is 5.87. The maximum atomic E-state index is 9.05. The third-order valence-corrected chi connectivity index (χ3v) is 1.38. The number of aliphatic hydroxyl groups is 1. The van der Waals surface area contributed by atoms with Crippen LogP contribution in [-0.2, 0) is 0 Å². The molecule has 0 fully saturated rings. The molecule has 0 saturated heterocycles. The molecule has 9 heavy (non-hydrogen) atoms. The van der Waals surface area contributed by atoms with E-state index < -0.39 is 0 Å². The Bertz CT molecular complexity index is 73.3. The molecule has 1 N–H and O–H groups in total. The number of rotatable bonds is 5. The molecular weight excluding hydrogens is 136 g/mol. The fraction of sp³-hybridized carbons (Fsp3) is 0.714. The topological polar surface area (TPSA) is 20.2 Å². The summed E-state index contributed by atoms with van der Waals surface area (Å²) in [4.78, 5) is 0. The van der Waals surface area contributed by atoms with Crippen molar-refractivity contribution in [3.63, 3.8) is 0 Å². The Morgan fingerprint density at radius 2 is 2.33 bits per heavy atom. The second-order valence-corrected chi connectivity index (χ2v) is 2.39. The summed E-state index contributed by atoms with van der Waals surface area (Å²) in [5, 5.41) is 9.05. The zero-order valence-electron chi connectivity index (χ0n) is 5.52. The SMILES string of the molecule is C=CCC(O)CCCCl. The van der Waals surface area contributed by atoms with Gasteiger partial charge in [0.15, 0.2) is 0 Å². The number of alkyl halides is 1. The molecule has 0 aliphatic heterocycles. The number of hydrogen-bond donors (Lipinski definition) is 1. The van der Waals surface area contributed by atoms with Gasteiger partial charge in [0.25, 0.3) is 0 Å². The van der Waals surface area contributed by atoms with Gasteiger partial charge in [0.2, 0.25) is 0 Å². The lowest BCUT2D eigenvalue weighted by Gasteiger charge is -2.04. The van der Waals surface area contributed by atoms with Crippen molar-refractivity contribution in [3.8, 4) is 0 Å². The molecule has 54 valence electrons. The summed E-state index contributed by atoms with van der Waals surface area (Å²) in [6.07, 6.45) is 3.84. The monoisotopic (exact) mass is 148 g/mol. The quantitative estimate of drug-likeness (QED) is 0.467. The van der Waals surface area contributed by atoms with Crippen molar-refractivity contribution in [2.45, 2.75) is 25.4 Å². The molecule has 0 spiro atoms. The van der Waals surface area contributed by atoms with E-state index in [2.05, 4.69) is 6.58 Å². The summed E-state index contributed by atoms with van der Waals surface area (Å²) < 4.78 is 0. The van der Waals surface area contributed by atoms with E-state index in [1.165, 1.54) is 0 Å². The summed E-state index contributed by atoms with van der Waals surface area (Å²) in [7, 11) is 0. The molecule has 1 unspecified atom stereocenters. The van der Waals surface area contributed by atoms with Crippen LogP contribution in [-0.4, -0.2) is 17.1 Å². The first-order chi connectivity index (χ1) is 4.31. The minimum atomic E-state index is -0.235. The first-order valence-electron chi connectivity index (χ1n) is 3.16. The summed E-state index contributed by atoms with van der Waals surface area (Å²) in [6, 6.07) is 0. The van der Waals surface area contributed by atoms with E-state index in [-0.39, 0.29) is 6.10 Å².